The number of carbonyl (C=O) groups is 1. The lowest BCUT2D eigenvalue weighted by Crippen LogP contribution is -2.21. The van der Waals surface area contributed by atoms with Crippen molar-refractivity contribution in [2.45, 2.75) is 12.5 Å². The van der Waals surface area contributed by atoms with Gasteiger partial charge in [-0.05, 0) is 6.07 Å². The van der Waals surface area contributed by atoms with E-state index in [0.717, 1.165) is 0 Å². The topological polar surface area (TPSA) is 92.8 Å². The van der Waals surface area contributed by atoms with E-state index in [2.05, 4.69) is 4.74 Å². The molecule has 0 aliphatic rings. The summed E-state index contributed by atoms with van der Waals surface area (Å²) >= 11 is 0. The summed E-state index contributed by atoms with van der Waals surface area (Å²) in [5, 5.41) is 17.6. The highest BCUT2D eigenvalue weighted by atomic mass is 19.4. The normalized spacial score (nSPS) is 13.2. The molecule has 0 amide bonds. The zero-order valence-electron chi connectivity index (χ0n) is 8.53. The maximum Gasteiger partial charge on any atom is 0.573 e. The predicted octanol–water partition coefficient (Wildman–Crippen LogP) is 1.42. The Balaban J connectivity index is 3.34. The second kappa shape index (κ2) is 4.69. The van der Waals surface area contributed by atoms with Crippen molar-refractivity contribution in [3.63, 3.8) is 0 Å². The lowest BCUT2D eigenvalue weighted by Gasteiger charge is -2.16. The number of nitrogens with two attached hydrogens (primary N) is 1. The molecule has 9 heteroatoms. The molecular weight excluding hydrogens is 262 g/mol. The molecule has 0 radical (unpaired) electrons. The molecule has 0 aliphatic heterocycles. The summed E-state index contributed by atoms with van der Waals surface area (Å²) in [7, 11) is 0. The van der Waals surface area contributed by atoms with Crippen LogP contribution in [0.1, 0.15) is 11.7 Å². The number of alkyl halides is 3. The zero-order chi connectivity index (χ0) is 14.1. The van der Waals surface area contributed by atoms with Gasteiger partial charge in [0.05, 0.1) is 0 Å². The SMILES string of the molecule is Nc1cc(F)c(OC(F)(F)F)c(C(O)C(=O)O)c1. The molecule has 4 N–H and O–H groups in total. The van der Waals surface area contributed by atoms with Gasteiger partial charge in [-0.25, -0.2) is 9.18 Å². The third kappa shape index (κ3) is 3.23. The molecule has 0 saturated heterocycles. The van der Waals surface area contributed by atoms with Gasteiger partial charge in [0.1, 0.15) is 0 Å². The number of carboxylic acids is 1. The first-order valence-electron chi connectivity index (χ1n) is 4.37. The van der Waals surface area contributed by atoms with Crippen LogP contribution in [0, 0.1) is 5.82 Å². The van der Waals surface area contributed by atoms with Gasteiger partial charge in [-0.2, -0.15) is 0 Å². The van der Waals surface area contributed by atoms with E-state index in [1.165, 1.54) is 0 Å². The van der Waals surface area contributed by atoms with E-state index in [1.54, 1.807) is 0 Å². The Bertz CT molecular complexity index is 474. The molecule has 18 heavy (non-hydrogen) atoms. The lowest BCUT2D eigenvalue weighted by molar-refractivity contribution is -0.276. The van der Waals surface area contributed by atoms with E-state index in [9.17, 15) is 22.4 Å². The van der Waals surface area contributed by atoms with Gasteiger partial charge in [0.25, 0.3) is 0 Å². The van der Waals surface area contributed by atoms with E-state index < -0.39 is 35.6 Å². The van der Waals surface area contributed by atoms with Crippen LogP contribution >= 0.6 is 0 Å². The number of aliphatic hydroxyl groups is 1. The summed E-state index contributed by atoms with van der Waals surface area (Å²) in [6.45, 7) is 0. The molecular formula is C9H7F4NO4. The molecule has 0 heterocycles. The van der Waals surface area contributed by atoms with Crippen molar-refractivity contribution in [2.24, 2.45) is 0 Å². The fourth-order valence-corrected chi connectivity index (χ4v) is 1.20. The van der Waals surface area contributed by atoms with Crippen molar-refractivity contribution in [1.82, 2.24) is 0 Å². The number of carboxylic acid groups (broad SMARTS) is 1. The van der Waals surface area contributed by atoms with Crippen LogP contribution in [0.2, 0.25) is 0 Å². The molecule has 1 unspecified atom stereocenters. The van der Waals surface area contributed by atoms with E-state index in [4.69, 9.17) is 15.9 Å². The number of nitrogen functional groups attached to an aromatic ring is 1. The number of rotatable bonds is 3. The largest absolute Gasteiger partial charge is 0.573 e. The number of aliphatic carboxylic acids is 1. The smallest absolute Gasteiger partial charge is 0.479 e. The van der Waals surface area contributed by atoms with Crippen LogP contribution in [0.3, 0.4) is 0 Å². The van der Waals surface area contributed by atoms with Gasteiger partial charge < -0.3 is 20.7 Å². The van der Waals surface area contributed by atoms with Gasteiger partial charge in [-0.1, -0.05) is 0 Å². The molecule has 0 aliphatic carbocycles. The predicted molar refractivity (Wildman–Crippen MR) is 50.1 cm³/mol. The Labute approximate surface area is 97.4 Å². The quantitative estimate of drug-likeness (QED) is 0.570. The van der Waals surface area contributed by atoms with Crippen LogP contribution in [-0.2, 0) is 4.79 Å². The summed E-state index contributed by atoms with van der Waals surface area (Å²) < 4.78 is 52.6. The first-order valence-corrected chi connectivity index (χ1v) is 4.37. The Morgan fingerprint density at radius 3 is 2.39 bits per heavy atom. The number of anilines is 1. The Morgan fingerprint density at radius 1 is 1.39 bits per heavy atom. The molecule has 0 bridgehead atoms. The monoisotopic (exact) mass is 269 g/mol. The molecule has 1 aromatic rings. The Morgan fingerprint density at radius 2 is 1.94 bits per heavy atom. The van der Waals surface area contributed by atoms with Crippen molar-refractivity contribution in [3.05, 3.63) is 23.5 Å². The minimum atomic E-state index is -5.23. The third-order valence-electron chi connectivity index (χ3n) is 1.84. The van der Waals surface area contributed by atoms with E-state index in [0.29, 0.717) is 12.1 Å². The maximum atomic E-state index is 13.3. The molecule has 1 rings (SSSR count). The minimum absolute atomic E-state index is 0.350. The van der Waals surface area contributed by atoms with Crippen molar-refractivity contribution in [3.8, 4) is 5.75 Å². The fraction of sp³-hybridized carbons (Fsp3) is 0.222. The molecule has 5 nitrogen and oxygen atoms in total. The second-order valence-electron chi connectivity index (χ2n) is 3.21. The highest BCUT2D eigenvalue weighted by Crippen LogP contribution is 2.34. The molecule has 100 valence electrons. The van der Waals surface area contributed by atoms with Gasteiger partial charge in [-0.15, -0.1) is 13.2 Å². The zero-order valence-corrected chi connectivity index (χ0v) is 8.53. The van der Waals surface area contributed by atoms with Crippen LogP contribution in [-0.4, -0.2) is 22.5 Å². The van der Waals surface area contributed by atoms with Crippen LogP contribution in [0.5, 0.6) is 5.75 Å². The van der Waals surface area contributed by atoms with Gasteiger partial charge in [0.15, 0.2) is 17.7 Å². The van der Waals surface area contributed by atoms with Gasteiger partial charge in [-0.3, -0.25) is 0 Å². The summed E-state index contributed by atoms with van der Waals surface area (Å²) in [6, 6.07) is 1.20. The standard InChI is InChI=1S/C9H7F4NO4/c10-5-2-3(14)1-4(6(15)8(16)17)7(5)18-9(11,12)13/h1-2,6,15H,14H2,(H,16,17). The maximum absolute atomic E-state index is 13.3. The van der Waals surface area contributed by atoms with Crippen molar-refractivity contribution in [2.75, 3.05) is 5.73 Å². The van der Waals surface area contributed by atoms with E-state index in [-0.39, 0.29) is 5.69 Å². The van der Waals surface area contributed by atoms with Gasteiger partial charge in [0, 0.05) is 17.3 Å². The molecule has 0 fully saturated rings. The van der Waals surface area contributed by atoms with Crippen LogP contribution in [0.15, 0.2) is 12.1 Å². The van der Waals surface area contributed by atoms with E-state index >= 15 is 0 Å². The summed E-state index contributed by atoms with van der Waals surface area (Å²) in [5.74, 6) is -4.82. The fourth-order valence-electron chi connectivity index (χ4n) is 1.20. The number of hydrogen-bond donors (Lipinski definition) is 3. The first-order chi connectivity index (χ1) is 8.11. The molecule has 0 aromatic heterocycles. The second-order valence-corrected chi connectivity index (χ2v) is 3.21. The number of ether oxygens (including phenoxy) is 1. The molecule has 1 atom stereocenters. The Hall–Kier alpha value is -2.03. The minimum Gasteiger partial charge on any atom is -0.479 e. The lowest BCUT2D eigenvalue weighted by atomic mass is 10.1. The molecule has 0 saturated carbocycles. The van der Waals surface area contributed by atoms with Gasteiger partial charge >= 0.3 is 12.3 Å². The average molecular weight is 269 g/mol. The Kier molecular flexibility index (Phi) is 3.65. The van der Waals surface area contributed by atoms with Crippen molar-refractivity contribution < 1.29 is 37.3 Å². The summed E-state index contributed by atoms with van der Waals surface area (Å²) in [5.41, 5.74) is 3.88. The van der Waals surface area contributed by atoms with Crippen LogP contribution in [0.25, 0.3) is 0 Å². The van der Waals surface area contributed by atoms with Gasteiger partial charge in [0.2, 0.25) is 0 Å². The van der Waals surface area contributed by atoms with Crippen molar-refractivity contribution >= 4 is 11.7 Å². The van der Waals surface area contributed by atoms with Crippen molar-refractivity contribution in [1.29, 1.82) is 0 Å². The summed E-state index contributed by atoms with van der Waals surface area (Å²) in [4.78, 5) is 10.5. The number of halogens is 4. The number of hydrogen-bond acceptors (Lipinski definition) is 4. The molecule has 1 aromatic carbocycles. The van der Waals surface area contributed by atoms with Crippen LogP contribution < -0.4 is 10.5 Å². The summed E-state index contributed by atoms with van der Waals surface area (Å²) in [6.07, 6.45) is -7.62. The highest BCUT2D eigenvalue weighted by Gasteiger charge is 2.35. The van der Waals surface area contributed by atoms with Crippen LogP contribution in [0.4, 0.5) is 23.2 Å². The molecule has 0 spiro atoms. The number of benzene rings is 1. The third-order valence-corrected chi connectivity index (χ3v) is 1.84. The highest BCUT2D eigenvalue weighted by molar-refractivity contribution is 5.76. The van der Waals surface area contributed by atoms with E-state index in [1.807, 2.05) is 0 Å². The first kappa shape index (κ1) is 14.0. The number of aliphatic hydroxyl groups excluding tert-OH is 1. The average Bonchev–Trinajstić information content (AvgIpc) is 2.18.